The number of nitrogens with zero attached hydrogens (tertiary/aromatic N) is 1. The third-order valence-electron chi connectivity index (χ3n) is 1.94. The highest BCUT2D eigenvalue weighted by atomic mass is 19.1. The second-order valence-corrected chi connectivity index (χ2v) is 2.84. The third-order valence-corrected chi connectivity index (χ3v) is 1.94. The molecule has 0 aromatic carbocycles. The molecule has 1 aliphatic carbocycles. The maximum Gasteiger partial charge on any atom is 0.271 e. The molecule has 1 aromatic rings. The molecule has 1 aliphatic rings. The minimum atomic E-state index is -0.873. The quantitative estimate of drug-likeness (QED) is 0.706. The van der Waals surface area contributed by atoms with E-state index in [1.165, 1.54) is 6.26 Å². The molecule has 0 radical (unpaired) electrons. The van der Waals surface area contributed by atoms with Gasteiger partial charge in [0.15, 0.2) is 5.69 Å². The Morgan fingerprint density at radius 3 is 3.00 bits per heavy atom. The highest BCUT2D eigenvalue weighted by molar-refractivity contribution is 5.92. The molecule has 64 valence electrons. The van der Waals surface area contributed by atoms with Crippen LogP contribution >= 0.6 is 0 Å². The largest absolute Gasteiger partial charge is 0.364 e. The van der Waals surface area contributed by atoms with Gasteiger partial charge in [-0.15, -0.1) is 0 Å². The van der Waals surface area contributed by atoms with E-state index in [-0.39, 0.29) is 11.6 Å². The fraction of sp³-hybridized carbons (Fsp3) is 0.429. The standard InChI is InChI=1S/C7H7FN2O2/c8-5-1-3(5)4-2-12-10-6(4)7(9)11/h2-3,5H,1H2,(H2,9,11)/t3-,5+/m1/s1. The van der Waals surface area contributed by atoms with Gasteiger partial charge in [-0.25, -0.2) is 4.39 Å². The van der Waals surface area contributed by atoms with Gasteiger partial charge in [-0.1, -0.05) is 5.16 Å². The molecule has 12 heavy (non-hydrogen) atoms. The van der Waals surface area contributed by atoms with Crippen LogP contribution in [-0.2, 0) is 0 Å². The van der Waals surface area contributed by atoms with Crippen molar-refractivity contribution < 1.29 is 13.7 Å². The van der Waals surface area contributed by atoms with Gasteiger partial charge in [0.05, 0.1) is 0 Å². The van der Waals surface area contributed by atoms with Crippen LogP contribution in [-0.4, -0.2) is 17.2 Å². The van der Waals surface area contributed by atoms with Crippen LogP contribution in [0.4, 0.5) is 4.39 Å². The number of carbonyl (C=O) groups excluding carboxylic acids is 1. The summed E-state index contributed by atoms with van der Waals surface area (Å²) in [5.74, 6) is -0.906. The molecular weight excluding hydrogens is 163 g/mol. The summed E-state index contributed by atoms with van der Waals surface area (Å²) < 4.78 is 17.1. The van der Waals surface area contributed by atoms with Crippen LogP contribution in [0.5, 0.6) is 0 Å². The summed E-state index contributed by atoms with van der Waals surface area (Å²) in [6.07, 6.45) is 0.841. The van der Waals surface area contributed by atoms with Gasteiger partial charge >= 0.3 is 0 Å². The number of alkyl halides is 1. The Morgan fingerprint density at radius 1 is 1.83 bits per heavy atom. The Labute approximate surface area is 67.5 Å². The van der Waals surface area contributed by atoms with Crippen molar-refractivity contribution in [3.8, 4) is 0 Å². The Morgan fingerprint density at radius 2 is 2.50 bits per heavy atom. The molecule has 2 atom stereocenters. The lowest BCUT2D eigenvalue weighted by atomic mass is 10.1. The highest BCUT2D eigenvalue weighted by Gasteiger charge is 2.42. The molecule has 1 amide bonds. The summed E-state index contributed by atoms with van der Waals surface area (Å²) in [5.41, 5.74) is 5.54. The van der Waals surface area contributed by atoms with Crippen LogP contribution in [0.15, 0.2) is 10.8 Å². The first kappa shape index (κ1) is 7.27. The number of carbonyl (C=O) groups is 1. The first-order valence-electron chi connectivity index (χ1n) is 3.58. The van der Waals surface area contributed by atoms with Gasteiger partial charge in [-0.3, -0.25) is 4.79 Å². The normalized spacial score (nSPS) is 27.1. The molecule has 0 aliphatic heterocycles. The van der Waals surface area contributed by atoms with Gasteiger partial charge in [-0.2, -0.15) is 0 Å². The Kier molecular flexibility index (Phi) is 1.39. The smallest absolute Gasteiger partial charge is 0.271 e. The summed E-state index contributed by atoms with van der Waals surface area (Å²) in [5, 5.41) is 3.40. The minimum absolute atomic E-state index is 0.0557. The van der Waals surface area contributed by atoms with Crippen molar-refractivity contribution in [2.24, 2.45) is 5.73 Å². The van der Waals surface area contributed by atoms with Crippen LogP contribution < -0.4 is 5.73 Å². The lowest BCUT2D eigenvalue weighted by molar-refractivity contribution is 0.0991. The fourth-order valence-corrected chi connectivity index (χ4v) is 1.18. The number of hydrogen-bond acceptors (Lipinski definition) is 3. The summed E-state index contributed by atoms with van der Waals surface area (Å²) in [6.45, 7) is 0. The molecular formula is C7H7FN2O2. The second kappa shape index (κ2) is 2.30. The maximum atomic E-state index is 12.6. The number of primary amides is 1. The van der Waals surface area contributed by atoms with Gasteiger partial charge in [0.2, 0.25) is 0 Å². The van der Waals surface area contributed by atoms with Gasteiger partial charge in [0, 0.05) is 11.5 Å². The van der Waals surface area contributed by atoms with E-state index in [4.69, 9.17) is 5.73 Å². The van der Waals surface area contributed by atoms with Crippen molar-refractivity contribution in [2.45, 2.75) is 18.5 Å². The molecule has 1 heterocycles. The average molecular weight is 170 g/mol. The SMILES string of the molecule is NC(=O)c1nocc1[C@H]1C[C@@H]1F. The molecule has 0 bridgehead atoms. The molecule has 1 saturated carbocycles. The van der Waals surface area contributed by atoms with Crippen LogP contribution in [0.25, 0.3) is 0 Å². The predicted octanol–water partition coefficient (Wildman–Crippen LogP) is 0.599. The molecule has 0 saturated heterocycles. The van der Waals surface area contributed by atoms with E-state index in [0.717, 1.165) is 0 Å². The summed E-state index contributed by atoms with van der Waals surface area (Å²) in [6, 6.07) is 0. The van der Waals surface area contributed by atoms with Crippen molar-refractivity contribution >= 4 is 5.91 Å². The summed E-state index contributed by atoms with van der Waals surface area (Å²) in [7, 11) is 0. The second-order valence-electron chi connectivity index (χ2n) is 2.84. The topological polar surface area (TPSA) is 69.1 Å². The summed E-state index contributed by atoms with van der Waals surface area (Å²) >= 11 is 0. The van der Waals surface area contributed by atoms with Gasteiger partial charge in [0.1, 0.15) is 12.4 Å². The number of rotatable bonds is 2. The van der Waals surface area contributed by atoms with E-state index in [1.807, 2.05) is 0 Å². The molecule has 1 aromatic heterocycles. The van der Waals surface area contributed by atoms with Gasteiger partial charge in [-0.05, 0) is 6.42 Å². The number of halogens is 1. The molecule has 0 unspecified atom stereocenters. The third kappa shape index (κ3) is 0.975. The molecule has 2 N–H and O–H groups in total. The number of hydrogen-bond donors (Lipinski definition) is 1. The van der Waals surface area contributed by atoms with E-state index >= 15 is 0 Å². The van der Waals surface area contributed by atoms with Crippen molar-refractivity contribution in [2.75, 3.05) is 0 Å². The van der Waals surface area contributed by atoms with Crippen LogP contribution in [0.3, 0.4) is 0 Å². The molecule has 4 nitrogen and oxygen atoms in total. The van der Waals surface area contributed by atoms with Crippen molar-refractivity contribution in [3.63, 3.8) is 0 Å². The van der Waals surface area contributed by atoms with E-state index in [9.17, 15) is 9.18 Å². The first-order valence-corrected chi connectivity index (χ1v) is 3.58. The van der Waals surface area contributed by atoms with Crippen LogP contribution in [0.2, 0.25) is 0 Å². The zero-order chi connectivity index (χ0) is 8.72. The summed E-state index contributed by atoms with van der Waals surface area (Å²) in [4.78, 5) is 10.7. The minimum Gasteiger partial charge on any atom is -0.364 e. The number of aromatic nitrogens is 1. The highest BCUT2D eigenvalue weighted by Crippen LogP contribution is 2.44. The predicted molar refractivity (Wildman–Crippen MR) is 37.3 cm³/mol. The Balaban J connectivity index is 2.31. The zero-order valence-electron chi connectivity index (χ0n) is 6.16. The van der Waals surface area contributed by atoms with Crippen molar-refractivity contribution in [1.82, 2.24) is 5.16 Å². The lowest BCUT2D eigenvalue weighted by Crippen LogP contribution is -2.13. The monoisotopic (exact) mass is 170 g/mol. The molecule has 0 spiro atoms. The maximum absolute atomic E-state index is 12.6. The average Bonchev–Trinajstić information content (AvgIpc) is 2.58. The van der Waals surface area contributed by atoms with E-state index in [2.05, 4.69) is 9.68 Å². The molecule has 2 rings (SSSR count). The molecule has 1 fully saturated rings. The Bertz CT molecular complexity index is 323. The van der Waals surface area contributed by atoms with E-state index in [1.54, 1.807) is 0 Å². The first-order chi connectivity index (χ1) is 5.70. The van der Waals surface area contributed by atoms with Crippen LogP contribution in [0.1, 0.15) is 28.4 Å². The van der Waals surface area contributed by atoms with E-state index < -0.39 is 12.1 Å². The molecule has 5 heteroatoms. The van der Waals surface area contributed by atoms with Gasteiger partial charge in [0.25, 0.3) is 5.91 Å². The van der Waals surface area contributed by atoms with E-state index in [0.29, 0.717) is 12.0 Å². The number of nitrogens with two attached hydrogens (primary N) is 1. The number of amides is 1. The Hall–Kier alpha value is -1.39. The van der Waals surface area contributed by atoms with Gasteiger partial charge < -0.3 is 10.3 Å². The van der Waals surface area contributed by atoms with Crippen molar-refractivity contribution in [1.29, 1.82) is 0 Å². The van der Waals surface area contributed by atoms with Crippen LogP contribution in [0, 0.1) is 0 Å². The lowest BCUT2D eigenvalue weighted by Gasteiger charge is -1.91. The van der Waals surface area contributed by atoms with Crippen molar-refractivity contribution in [3.05, 3.63) is 17.5 Å². The fourth-order valence-electron chi connectivity index (χ4n) is 1.18. The zero-order valence-corrected chi connectivity index (χ0v) is 6.16.